The Kier molecular flexibility index (Phi) is 6.81. The molecule has 1 saturated heterocycles. The van der Waals surface area contributed by atoms with Crippen LogP contribution in [-0.4, -0.2) is 40.5 Å². The Morgan fingerprint density at radius 1 is 1.00 bits per heavy atom. The maximum absolute atomic E-state index is 14.4. The van der Waals surface area contributed by atoms with E-state index in [0.717, 1.165) is 5.56 Å². The van der Waals surface area contributed by atoms with Crippen molar-refractivity contribution in [1.29, 1.82) is 0 Å². The van der Waals surface area contributed by atoms with Gasteiger partial charge in [0.05, 0.1) is 18.6 Å². The van der Waals surface area contributed by atoms with Gasteiger partial charge in [-0.1, -0.05) is 66.7 Å². The molecule has 1 aliphatic carbocycles. The first kappa shape index (κ1) is 29.4. The Labute approximate surface area is 255 Å². The fourth-order valence-corrected chi connectivity index (χ4v) is 6.90. The van der Waals surface area contributed by atoms with E-state index in [4.69, 9.17) is 14.2 Å². The van der Waals surface area contributed by atoms with E-state index in [9.17, 15) is 24.6 Å². The Bertz CT molecular complexity index is 1770. The zero-order chi connectivity index (χ0) is 31.6. The maximum Gasteiger partial charge on any atom is 0.257 e. The SMILES string of the molecule is COc1c2c(c(C)c(O)c1C(=O)/C=C/c1ccccc1)O[C@]13O[C@@H](c4ccccc4)CC(=O)C1=C(O)C(C)(C)C(=O)[C@]3(C)C2. The van der Waals surface area contributed by atoms with Crippen LogP contribution in [0, 0.1) is 17.8 Å². The van der Waals surface area contributed by atoms with E-state index >= 15 is 0 Å². The molecule has 2 heterocycles. The van der Waals surface area contributed by atoms with Crippen molar-refractivity contribution < 1.29 is 38.8 Å². The standard InChI is InChI=1S/C36H34O8/c1-20-29(39)27(24(37)17-16-21-12-8-6-9-13-21)31(42-5)23-19-35(4)33(41)34(2,3)32(40)28-25(38)18-26(22-14-10-7-11-15-22)43-36(28,35)44-30(20)23/h6-17,26,39-40H,18-19H2,1-5H3/b17-16+/t26-,35+,36-/m1/s1. The summed E-state index contributed by atoms with van der Waals surface area (Å²) in [5.41, 5.74) is -1.03. The van der Waals surface area contributed by atoms with Gasteiger partial charge in [0.1, 0.15) is 39.6 Å². The summed E-state index contributed by atoms with van der Waals surface area (Å²) >= 11 is 0. The van der Waals surface area contributed by atoms with Crippen molar-refractivity contribution >= 4 is 23.4 Å². The first-order chi connectivity index (χ1) is 20.9. The molecule has 0 bridgehead atoms. The van der Waals surface area contributed by atoms with E-state index in [2.05, 4.69) is 0 Å². The number of phenolic OH excluding ortho intramolecular Hbond substituents is 1. The topological polar surface area (TPSA) is 119 Å². The van der Waals surface area contributed by atoms with Gasteiger partial charge in [-0.05, 0) is 51.3 Å². The Balaban J connectivity index is 1.56. The molecule has 0 radical (unpaired) electrons. The minimum atomic E-state index is -2.01. The molecular weight excluding hydrogens is 560 g/mol. The highest BCUT2D eigenvalue weighted by Crippen LogP contribution is 2.63. The molecule has 3 atom stereocenters. The third-order valence-electron chi connectivity index (χ3n) is 9.24. The largest absolute Gasteiger partial charge is 0.511 e. The van der Waals surface area contributed by atoms with Crippen LogP contribution in [0.4, 0.5) is 0 Å². The minimum absolute atomic E-state index is 0.0524. The third-order valence-corrected chi connectivity index (χ3v) is 9.24. The zero-order valence-corrected chi connectivity index (χ0v) is 25.3. The van der Waals surface area contributed by atoms with Crippen molar-refractivity contribution in [3.05, 3.63) is 106 Å². The number of hydrogen-bond donors (Lipinski definition) is 2. The van der Waals surface area contributed by atoms with Crippen molar-refractivity contribution in [2.75, 3.05) is 7.11 Å². The van der Waals surface area contributed by atoms with Gasteiger partial charge in [-0.3, -0.25) is 14.4 Å². The van der Waals surface area contributed by atoms with Crippen LogP contribution in [0.5, 0.6) is 17.2 Å². The highest BCUT2D eigenvalue weighted by atomic mass is 16.7. The van der Waals surface area contributed by atoms with Crippen LogP contribution in [0.15, 0.2) is 78.1 Å². The molecule has 0 amide bonds. The van der Waals surface area contributed by atoms with Crippen LogP contribution in [0.25, 0.3) is 6.08 Å². The normalized spacial score (nSPS) is 25.6. The van der Waals surface area contributed by atoms with Crippen molar-refractivity contribution in [3.63, 3.8) is 0 Å². The lowest BCUT2D eigenvalue weighted by Gasteiger charge is -2.58. The molecule has 0 aromatic heterocycles. The monoisotopic (exact) mass is 594 g/mol. The van der Waals surface area contributed by atoms with Gasteiger partial charge >= 0.3 is 0 Å². The minimum Gasteiger partial charge on any atom is -0.511 e. The summed E-state index contributed by atoms with van der Waals surface area (Å²) in [6.07, 6.45) is 2.11. The second-order valence-electron chi connectivity index (χ2n) is 12.3. The van der Waals surface area contributed by atoms with Crippen LogP contribution in [0.3, 0.4) is 0 Å². The number of methoxy groups -OCH3 is 1. The number of ether oxygens (including phenoxy) is 3. The maximum atomic E-state index is 14.4. The van der Waals surface area contributed by atoms with E-state index < -0.39 is 45.8 Å². The van der Waals surface area contributed by atoms with Crippen LogP contribution >= 0.6 is 0 Å². The first-order valence-electron chi connectivity index (χ1n) is 14.5. The lowest BCUT2D eigenvalue weighted by Crippen LogP contribution is -2.69. The number of ketones is 3. The summed E-state index contributed by atoms with van der Waals surface area (Å²) in [7, 11) is 1.38. The lowest BCUT2D eigenvalue weighted by molar-refractivity contribution is -0.268. The van der Waals surface area contributed by atoms with Crippen LogP contribution in [-0.2, 0) is 20.7 Å². The summed E-state index contributed by atoms with van der Waals surface area (Å²) in [6.45, 7) is 6.39. The number of fused-ring (bicyclic) bond motifs is 1. The van der Waals surface area contributed by atoms with Crippen LogP contribution < -0.4 is 9.47 Å². The van der Waals surface area contributed by atoms with Crippen molar-refractivity contribution in [1.82, 2.24) is 0 Å². The second-order valence-corrected chi connectivity index (χ2v) is 12.3. The highest BCUT2D eigenvalue weighted by Gasteiger charge is 2.72. The molecule has 3 aromatic rings. The number of benzene rings is 3. The predicted molar refractivity (Wildman–Crippen MR) is 163 cm³/mol. The molecule has 44 heavy (non-hydrogen) atoms. The van der Waals surface area contributed by atoms with Gasteiger partial charge < -0.3 is 24.4 Å². The number of carbonyl (C=O) groups excluding carboxylic acids is 3. The molecule has 0 saturated carbocycles. The van der Waals surface area contributed by atoms with Crippen LogP contribution in [0.1, 0.15) is 65.9 Å². The molecule has 3 aliphatic rings. The van der Waals surface area contributed by atoms with Gasteiger partial charge in [-0.15, -0.1) is 0 Å². The smallest absolute Gasteiger partial charge is 0.257 e. The average molecular weight is 595 g/mol. The summed E-state index contributed by atoms with van der Waals surface area (Å²) in [6, 6.07) is 18.4. The van der Waals surface area contributed by atoms with Crippen LogP contribution in [0.2, 0.25) is 0 Å². The summed E-state index contributed by atoms with van der Waals surface area (Å²) in [5.74, 6) is -3.87. The number of allylic oxidation sites excluding steroid dienone is 2. The molecule has 1 spiro atoms. The van der Waals surface area contributed by atoms with E-state index in [1.54, 1.807) is 33.8 Å². The van der Waals surface area contributed by atoms with Crippen molar-refractivity contribution in [3.8, 4) is 17.2 Å². The summed E-state index contributed by atoms with van der Waals surface area (Å²) in [5, 5.41) is 22.9. The fourth-order valence-electron chi connectivity index (χ4n) is 6.90. The fraction of sp³-hybridized carbons (Fsp3) is 0.306. The Morgan fingerprint density at radius 2 is 1.64 bits per heavy atom. The molecule has 2 aliphatic heterocycles. The van der Waals surface area contributed by atoms with Gasteiger partial charge in [0.2, 0.25) is 0 Å². The molecule has 0 unspecified atom stereocenters. The van der Waals surface area contributed by atoms with Gasteiger partial charge in [-0.2, -0.15) is 0 Å². The van der Waals surface area contributed by atoms with Gasteiger partial charge in [0, 0.05) is 17.5 Å². The number of phenols is 1. The number of hydrogen-bond acceptors (Lipinski definition) is 8. The average Bonchev–Trinajstić information content (AvgIpc) is 3.02. The van der Waals surface area contributed by atoms with E-state index in [1.807, 2.05) is 60.7 Å². The molecule has 6 rings (SSSR count). The van der Waals surface area contributed by atoms with E-state index in [0.29, 0.717) is 11.1 Å². The molecule has 1 fully saturated rings. The molecule has 8 heteroatoms. The Hall–Kier alpha value is -4.69. The predicted octanol–water partition coefficient (Wildman–Crippen LogP) is 6.39. The van der Waals surface area contributed by atoms with Crippen molar-refractivity contribution in [2.24, 2.45) is 10.8 Å². The van der Waals surface area contributed by atoms with E-state index in [1.165, 1.54) is 13.2 Å². The number of carbonyl (C=O) groups is 3. The molecule has 226 valence electrons. The highest BCUT2D eigenvalue weighted by molar-refractivity contribution is 6.12. The van der Waals surface area contributed by atoms with Gasteiger partial charge in [0.25, 0.3) is 5.79 Å². The molecule has 3 aromatic carbocycles. The molecule has 2 N–H and O–H groups in total. The quantitative estimate of drug-likeness (QED) is 0.258. The summed E-state index contributed by atoms with van der Waals surface area (Å²) in [4.78, 5) is 41.9. The third kappa shape index (κ3) is 4.04. The second kappa shape index (κ2) is 10.2. The summed E-state index contributed by atoms with van der Waals surface area (Å²) < 4.78 is 19.1. The van der Waals surface area contributed by atoms with E-state index in [-0.39, 0.29) is 46.8 Å². The lowest BCUT2D eigenvalue weighted by atomic mass is 9.55. The number of aliphatic hydroxyl groups is 1. The zero-order valence-electron chi connectivity index (χ0n) is 25.3. The first-order valence-corrected chi connectivity index (χ1v) is 14.5. The molecular formula is C36H34O8. The number of Topliss-reactive ketones (excluding diaryl/α,β-unsaturated/α-hetero) is 2. The van der Waals surface area contributed by atoms with Gasteiger partial charge in [0.15, 0.2) is 17.3 Å². The molecule has 8 nitrogen and oxygen atoms in total. The van der Waals surface area contributed by atoms with Crippen molar-refractivity contribution in [2.45, 2.75) is 52.4 Å². The Morgan fingerprint density at radius 3 is 2.27 bits per heavy atom. The number of aliphatic hydroxyl groups excluding tert-OH is 1. The van der Waals surface area contributed by atoms with Gasteiger partial charge in [-0.25, -0.2) is 0 Å². The number of rotatable bonds is 5. The number of aromatic hydroxyl groups is 1.